The van der Waals surface area contributed by atoms with E-state index in [0.29, 0.717) is 23.7 Å². The molecule has 2 aliphatic rings. The average molecular weight is 524 g/mol. The zero-order valence-electron chi connectivity index (χ0n) is 19.9. The number of aliphatic carboxylic acids is 1. The standard InChI is InChI=1S/C28H26FN3O2S.ClH/c1-2-23(32-15-18(16-32)27(33)34)17-8-9-20(21(29)14-17)25-30-22-10-11-24(31-26(22)35-25)28(12-13-28)19-6-4-3-5-7-19;/h3-11,14,18,23H,2,12-13,15-16H2,1H3,(H,33,34);1H/t23-;/m1./s1. The molecule has 2 fully saturated rings. The van der Waals surface area contributed by atoms with Gasteiger partial charge in [0.1, 0.15) is 21.2 Å². The second-order valence-electron chi connectivity index (χ2n) is 9.64. The molecule has 1 aliphatic carbocycles. The van der Waals surface area contributed by atoms with Crippen molar-refractivity contribution in [2.75, 3.05) is 13.1 Å². The van der Waals surface area contributed by atoms with Crippen LogP contribution in [0.3, 0.4) is 0 Å². The van der Waals surface area contributed by atoms with E-state index in [4.69, 9.17) is 10.1 Å². The number of pyridine rings is 1. The smallest absolute Gasteiger partial charge is 0.309 e. The molecule has 2 aromatic heterocycles. The van der Waals surface area contributed by atoms with Crippen molar-refractivity contribution in [2.24, 2.45) is 5.92 Å². The van der Waals surface area contributed by atoms with E-state index >= 15 is 4.39 Å². The van der Waals surface area contributed by atoms with E-state index < -0.39 is 5.97 Å². The van der Waals surface area contributed by atoms with Gasteiger partial charge in [-0.25, -0.2) is 14.4 Å². The maximum Gasteiger partial charge on any atom is 0.309 e. The second kappa shape index (κ2) is 9.54. The van der Waals surface area contributed by atoms with Crippen molar-refractivity contribution in [2.45, 2.75) is 37.6 Å². The number of thiazole rings is 1. The Hall–Kier alpha value is -2.87. The highest BCUT2D eigenvalue weighted by atomic mass is 35.5. The van der Waals surface area contributed by atoms with E-state index in [1.807, 2.05) is 25.1 Å². The van der Waals surface area contributed by atoms with Gasteiger partial charge in [0.2, 0.25) is 0 Å². The Morgan fingerprint density at radius 2 is 1.89 bits per heavy atom. The lowest BCUT2D eigenvalue weighted by atomic mass is 9.92. The Morgan fingerprint density at radius 1 is 1.14 bits per heavy atom. The van der Waals surface area contributed by atoms with Crippen molar-refractivity contribution in [3.63, 3.8) is 0 Å². The maximum atomic E-state index is 15.3. The molecule has 186 valence electrons. The second-order valence-corrected chi connectivity index (χ2v) is 10.6. The number of rotatable bonds is 7. The van der Waals surface area contributed by atoms with Crippen LogP contribution < -0.4 is 0 Å². The first-order valence-electron chi connectivity index (χ1n) is 12.1. The number of aromatic nitrogens is 2. The van der Waals surface area contributed by atoms with Crippen molar-refractivity contribution in [1.82, 2.24) is 14.9 Å². The van der Waals surface area contributed by atoms with E-state index in [9.17, 15) is 4.79 Å². The van der Waals surface area contributed by atoms with Gasteiger partial charge in [-0.3, -0.25) is 9.69 Å². The Morgan fingerprint density at radius 3 is 2.53 bits per heavy atom. The maximum absolute atomic E-state index is 15.3. The summed E-state index contributed by atoms with van der Waals surface area (Å²) in [5.74, 6) is -1.40. The third-order valence-electron chi connectivity index (χ3n) is 7.52. The fourth-order valence-electron chi connectivity index (χ4n) is 5.31. The van der Waals surface area contributed by atoms with Gasteiger partial charge < -0.3 is 5.11 Å². The van der Waals surface area contributed by atoms with E-state index in [1.165, 1.54) is 16.9 Å². The van der Waals surface area contributed by atoms with Gasteiger partial charge in [0.15, 0.2) is 0 Å². The lowest BCUT2D eigenvalue weighted by Gasteiger charge is -2.42. The molecule has 0 unspecified atom stereocenters. The lowest BCUT2D eigenvalue weighted by Crippen LogP contribution is -2.51. The van der Waals surface area contributed by atoms with Crippen LogP contribution in [0, 0.1) is 11.7 Å². The summed E-state index contributed by atoms with van der Waals surface area (Å²) in [6.07, 6.45) is 2.96. The molecule has 2 aromatic carbocycles. The molecule has 1 saturated heterocycles. The molecule has 6 rings (SSSR count). The number of hydrogen-bond donors (Lipinski definition) is 1. The normalized spacial score (nSPS) is 17.8. The third-order valence-corrected chi connectivity index (χ3v) is 8.52. The van der Waals surface area contributed by atoms with Crippen molar-refractivity contribution in [3.8, 4) is 10.6 Å². The van der Waals surface area contributed by atoms with Crippen molar-refractivity contribution >= 4 is 40.1 Å². The predicted molar refractivity (Wildman–Crippen MR) is 142 cm³/mol. The summed E-state index contributed by atoms with van der Waals surface area (Å²) in [5, 5.41) is 9.79. The predicted octanol–water partition coefficient (Wildman–Crippen LogP) is 6.47. The summed E-state index contributed by atoms with van der Waals surface area (Å²) in [4.78, 5) is 23.7. The van der Waals surface area contributed by atoms with Crippen LogP contribution in [0.25, 0.3) is 20.9 Å². The molecule has 1 aliphatic heterocycles. The van der Waals surface area contributed by atoms with E-state index in [2.05, 4.69) is 40.2 Å². The molecule has 1 saturated carbocycles. The quantitative estimate of drug-likeness (QED) is 0.301. The summed E-state index contributed by atoms with van der Waals surface area (Å²) in [5.41, 5.74) is 4.47. The molecular formula is C28H27ClFN3O2S. The molecule has 4 aromatic rings. The molecule has 5 nitrogen and oxygen atoms in total. The fraction of sp³-hybridized carbons (Fsp3) is 0.321. The summed E-state index contributed by atoms with van der Waals surface area (Å²) >= 11 is 1.43. The molecule has 36 heavy (non-hydrogen) atoms. The van der Waals surface area contributed by atoms with Gasteiger partial charge in [-0.15, -0.1) is 12.4 Å². The average Bonchev–Trinajstić information content (AvgIpc) is 3.54. The topological polar surface area (TPSA) is 66.3 Å². The highest BCUT2D eigenvalue weighted by molar-refractivity contribution is 7.21. The van der Waals surface area contributed by atoms with Crippen LogP contribution in [-0.2, 0) is 10.2 Å². The Bertz CT molecular complexity index is 1420. The highest BCUT2D eigenvalue weighted by Gasteiger charge is 2.47. The minimum Gasteiger partial charge on any atom is -0.481 e. The lowest BCUT2D eigenvalue weighted by molar-refractivity contribution is -0.148. The summed E-state index contributed by atoms with van der Waals surface area (Å²) in [6, 6.07) is 19.9. The fourth-order valence-corrected chi connectivity index (χ4v) is 6.28. The molecule has 0 radical (unpaired) electrons. The van der Waals surface area contributed by atoms with E-state index in [0.717, 1.165) is 40.9 Å². The number of carboxylic acids is 1. The summed E-state index contributed by atoms with van der Waals surface area (Å²) in [6.45, 7) is 3.06. The number of benzene rings is 2. The van der Waals surface area contributed by atoms with Crippen LogP contribution in [0.15, 0.2) is 60.7 Å². The SMILES string of the molecule is CC[C@H](c1ccc(-c2nc3ccc(C4(c5ccccc5)CC4)nc3s2)c(F)c1)N1CC(C(=O)O)C1.Cl. The van der Waals surface area contributed by atoms with Gasteiger partial charge in [-0.2, -0.15) is 0 Å². The number of hydrogen-bond acceptors (Lipinski definition) is 5. The number of fused-ring (bicyclic) bond motifs is 1. The van der Waals surface area contributed by atoms with Gasteiger partial charge in [0.05, 0.1) is 11.6 Å². The van der Waals surface area contributed by atoms with Crippen LogP contribution in [0.1, 0.15) is 49.0 Å². The first-order chi connectivity index (χ1) is 17.0. The van der Waals surface area contributed by atoms with Crippen LogP contribution in [0.5, 0.6) is 0 Å². The molecule has 3 heterocycles. The van der Waals surface area contributed by atoms with Gasteiger partial charge >= 0.3 is 5.97 Å². The van der Waals surface area contributed by atoms with Gasteiger partial charge in [0, 0.05) is 30.1 Å². The van der Waals surface area contributed by atoms with Crippen molar-refractivity contribution < 1.29 is 14.3 Å². The van der Waals surface area contributed by atoms with Gasteiger partial charge in [-0.1, -0.05) is 54.7 Å². The monoisotopic (exact) mass is 523 g/mol. The minimum atomic E-state index is -0.762. The minimum absolute atomic E-state index is 0. The Balaban J connectivity index is 0.00000267. The van der Waals surface area contributed by atoms with E-state index in [-0.39, 0.29) is 35.6 Å². The zero-order valence-corrected chi connectivity index (χ0v) is 21.5. The summed E-state index contributed by atoms with van der Waals surface area (Å²) in [7, 11) is 0. The molecule has 1 N–H and O–H groups in total. The number of carboxylic acid groups (broad SMARTS) is 1. The third kappa shape index (κ3) is 4.19. The van der Waals surface area contributed by atoms with Crippen LogP contribution >= 0.6 is 23.7 Å². The van der Waals surface area contributed by atoms with Crippen molar-refractivity contribution in [1.29, 1.82) is 0 Å². The van der Waals surface area contributed by atoms with Crippen LogP contribution in [0.4, 0.5) is 4.39 Å². The van der Waals surface area contributed by atoms with E-state index in [1.54, 1.807) is 12.1 Å². The zero-order chi connectivity index (χ0) is 24.2. The highest BCUT2D eigenvalue weighted by Crippen LogP contribution is 2.53. The first-order valence-corrected chi connectivity index (χ1v) is 12.9. The molecule has 0 spiro atoms. The molecule has 0 bridgehead atoms. The molecule has 8 heteroatoms. The van der Waals surface area contributed by atoms with Gasteiger partial charge in [-0.05, 0) is 54.7 Å². The van der Waals surface area contributed by atoms with Crippen LogP contribution in [-0.4, -0.2) is 39.0 Å². The largest absolute Gasteiger partial charge is 0.481 e. The van der Waals surface area contributed by atoms with Gasteiger partial charge in [0.25, 0.3) is 0 Å². The number of carbonyl (C=O) groups is 1. The summed E-state index contributed by atoms with van der Waals surface area (Å²) < 4.78 is 15.3. The number of halogens is 2. The Kier molecular flexibility index (Phi) is 6.57. The number of likely N-dealkylation sites (tertiary alicyclic amines) is 1. The van der Waals surface area contributed by atoms with Crippen LogP contribution in [0.2, 0.25) is 0 Å². The molecule has 1 atom stereocenters. The van der Waals surface area contributed by atoms with Crippen molar-refractivity contribution in [3.05, 3.63) is 83.3 Å². The Labute approximate surface area is 219 Å². The number of nitrogens with zero attached hydrogens (tertiary/aromatic N) is 3. The molecule has 0 amide bonds. The molecular weight excluding hydrogens is 497 g/mol. The first kappa shape index (κ1) is 24.8.